The molecule has 0 radical (unpaired) electrons. The van der Waals surface area contributed by atoms with Gasteiger partial charge in [0, 0.05) is 13.7 Å². The summed E-state index contributed by atoms with van der Waals surface area (Å²) in [5.74, 6) is 0.594. The lowest BCUT2D eigenvalue weighted by Gasteiger charge is -2.32. The highest BCUT2D eigenvalue weighted by Crippen LogP contribution is 2.43. The molecule has 0 unspecified atom stereocenters. The molecule has 2 aromatic heterocycles. The van der Waals surface area contributed by atoms with Gasteiger partial charge >= 0.3 is 0 Å². The number of nitrogens with zero attached hydrogens (tertiary/aromatic N) is 4. The van der Waals surface area contributed by atoms with Crippen LogP contribution in [0.2, 0.25) is 0 Å². The molecular formula is C15H23N5O4. The Labute approximate surface area is 139 Å². The minimum atomic E-state index is -1.30. The molecule has 0 bridgehead atoms. The zero-order valence-electron chi connectivity index (χ0n) is 14.0. The first kappa shape index (κ1) is 17.0. The van der Waals surface area contributed by atoms with E-state index in [1.165, 1.54) is 6.33 Å². The van der Waals surface area contributed by atoms with Crippen LogP contribution >= 0.6 is 0 Å². The van der Waals surface area contributed by atoms with Crippen LogP contribution < -0.4 is 5.32 Å². The normalized spacial score (nSPS) is 30.1. The van der Waals surface area contributed by atoms with Crippen molar-refractivity contribution in [2.45, 2.75) is 44.3 Å². The predicted octanol–water partition coefficient (Wildman–Crippen LogP) is 0.304. The van der Waals surface area contributed by atoms with Crippen molar-refractivity contribution in [3.05, 3.63) is 12.7 Å². The fourth-order valence-corrected chi connectivity index (χ4v) is 3.28. The Kier molecular flexibility index (Phi) is 4.68. The molecule has 0 amide bonds. The molecule has 2 aromatic rings. The van der Waals surface area contributed by atoms with E-state index in [2.05, 4.69) is 20.3 Å². The lowest BCUT2D eigenvalue weighted by Crippen LogP contribution is -2.48. The van der Waals surface area contributed by atoms with Gasteiger partial charge in [-0.3, -0.25) is 4.57 Å². The molecule has 9 heteroatoms. The molecule has 3 N–H and O–H groups in total. The summed E-state index contributed by atoms with van der Waals surface area (Å²) in [6.07, 6.45) is 1.36. The first-order valence-electron chi connectivity index (χ1n) is 8.06. The molecule has 3 rings (SSSR count). The quantitative estimate of drug-likeness (QED) is 0.690. The summed E-state index contributed by atoms with van der Waals surface area (Å²) in [6, 6.07) is 0. The highest BCUT2D eigenvalue weighted by molar-refractivity contribution is 5.82. The van der Waals surface area contributed by atoms with Crippen LogP contribution in [0, 0.1) is 0 Å². The van der Waals surface area contributed by atoms with E-state index < -0.39 is 24.0 Å². The van der Waals surface area contributed by atoms with Crippen molar-refractivity contribution < 1.29 is 19.7 Å². The molecule has 9 nitrogen and oxygen atoms in total. The van der Waals surface area contributed by atoms with Crippen LogP contribution in [0.5, 0.6) is 0 Å². The molecule has 3 heterocycles. The van der Waals surface area contributed by atoms with Gasteiger partial charge in [0.15, 0.2) is 17.7 Å². The van der Waals surface area contributed by atoms with Crippen LogP contribution in [0.3, 0.4) is 0 Å². The first-order chi connectivity index (χ1) is 11.6. The van der Waals surface area contributed by atoms with Gasteiger partial charge in [0.1, 0.15) is 29.7 Å². The number of anilines is 1. The SMILES string of the molecule is CCO[C@@H]1[C@@H](CO)O[C@@H](n2cnc3c(NC)ncnc32)[C@@]1(O)CC. The molecule has 132 valence electrons. The average molecular weight is 337 g/mol. The molecule has 1 aliphatic heterocycles. The summed E-state index contributed by atoms with van der Waals surface area (Å²) in [5, 5.41) is 23.8. The van der Waals surface area contributed by atoms with Crippen molar-refractivity contribution in [3.63, 3.8) is 0 Å². The third-order valence-electron chi connectivity index (χ3n) is 4.50. The highest BCUT2D eigenvalue weighted by atomic mass is 16.6. The van der Waals surface area contributed by atoms with Gasteiger partial charge in [-0.2, -0.15) is 0 Å². The molecule has 0 saturated carbocycles. The van der Waals surface area contributed by atoms with Crippen molar-refractivity contribution in [1.29, 1.82) is 0 Å². The van der Waals surface area contributed by atoms with Gasteiger partial charge < -0.3 is 25.0 Å². The molecular weight excluding hydrogens is 314 g/mol. The van der Waals surface area contributed by atoms with Crippen LogP contribution in [0.15, 0.2) is 12.7 Å². The molecule has 0 spiro atoms. The Morgan fingerprint density at radius 2 is 2.17 bits per heavy atom. The Morgan fingerprint density at radius 1 is 1.38 bits per heavy atom. The Morgan fingerprint density at radius 3 is 2.79 bits per heavy atom. The summed E-state index contributed by atoms with van der Waals surface area (Å²) in [5.41, 5.74) is -0.176. The van der Waals surface area contributed by atoms with Gasteiger partial charge in [0.25, 0.3) is 0 Å². The minimum absolute atomic E-state index is 0.243. The summed E-state index contributed by atoms with van der Waals surface area (Å²) in [4.78, 5) is 12.7. The number of rotatable bonds is 6. The number of aliphatic hydroxyl groups excluding tert-OH is 1. The maximum absolute atomic E-state index is 11.2. The maximum atomic E-state index is 11.2. The van der Waals surface area contributed by atoms with E-state index in [-0.39, 0.29) is 6.61 Å². The number of imidazole rings is 1. The van der Waals surface area contributed by atoms with E-state index in [0.717, 1.165) is 0 Å². The van der Waals surface area contributed by atoms with Crippen molar-refractivity contribution in [1.82, 2.24) is 19.5 Å². The zero-order chi connectivity index (χ0) is 17.3. The minimum Gasteiger partial charge on any atom is -0.394 e. The second-order valence-corrected chi connectivity index (χ2v) is 5.73. The lowest BCUT2D eigenvalue weighted by molar-refractivity contribution is -0.122. The van der Waals surface area contributed by atoms with Crippen molar-refractivity contribution in [2.24, 2.45) is 0 Å². The number of aliphatic hydroxyl groups is 2. The number of hydrogen-bond donors (Lipinski definition) is 3. The number of aromatic nitrogens is 4. The van der Waals surface area contributed by atoms with E-state index in [9.17, 15) is 10.2 Å². The van der Waals surface area contributed by atoms with E-state index in [4.69, 9.17) is 9.47 Å². The fraction of sp³-hybridized carbons (Fsp3) is 0.667. The summed E-state index contributed by atoms with van der Waals surface area (Å²) in [7, 11) is 1.75. The molecule has 0 aliphatic carbocycles. The lowest BCUT2D eigenvalue weighted by atomic mass is 9.91. The summed E-state index contributed by atoms with van der Waals surface area (Å²) in [6.45, 7) is 3.87. The van der Waals surface area contributed by atoms with E-state index >= 15 is 0 Å². The number of nitrogens with one attached hydrogen (secondary N) is 1. The third kappa shape index (κ3) is 2.44. The second-order valence-electron chi connectivity index (χ2n) is 5.73. The van der Waals surface area contributed by atoms with Gasteiger partial charge in [-0.05, 0) is 13.3 Å². The van der Waals surface area contributed by atoms with Crippen molar-refractivity contribution in [2.75, 3.05) is 25.6 Å². The molecule has 1 aliphatic rings. The zero-order valence-corrected chi connectivity index (χ0v) is 14.0. The standard InChI is InChI=1S/C15H23N5O4/c1-4-15(22)11(23-5-2)9(6-21)24-14(15)20-8-19-10-12(16-3)17-7-18-13(10)20/h7-9,11,14,21-22H,4-6H2,1-3H3,(H,16,17,18)/t9-,11-,14-,15-/m1/s1. The molecule has 4 atom stereocenters. The maximum Gasteiger partial charge on any atom is 0.168 e. The topological polar surface area (TPSA) is 115 Å². The first-order valence-corrected chi connectivity index (χ1v) is 8.06. The van der Waals surface area contributed by atoms with Crippen LogP contribution in [-0.4, -0.2) is 67.8 Å². The molecule has 0 aromatic carbocycles. The van der Waals surface area contributed by atoms with Gasteiger partial charge in [0.05, 0.1) is 12.9 Å². The number of hydrogen-bond acceptors (Lipinski definition) is 8. The van der Waals surface area contributed by atoms with Crippen molar-refractivity contribution in [3.8, 4) is 0 Å². The highest BCUT2D eigenvalue weighted by Gasteiger charge is 2.56. The van der Waals surface area contributed by atoms with Gasteiger partial charge in [0.2, 0.25) is 0 Å². The second kappa shape index (κ2) is 6.60. The van der Waals surface area contributed by atoms with E-state index in [0.29, 0.717) is 30.0 Å². The van der Waals surface area contributed by atoms with E-state index in [1.54, 1.807) is 17.9 Å². The Bertz CT molecular complexity index is 708. The molecule has 1 saturated heterocycles. The summed E-state index contributed by atoms with van der Waals surface area (Å²) >= 11 is 0. The van der Waals surface area contributed by atoms with Crippen LogP contribution in [0.4, 0.5) is 5.82 Å². The third-order valence-corrected chi connectivity index (χ3v) is 4.50. The monoisotopic (exact) mass is 337 g/mol. The van der Waals surface area contributed by atoms with Crippen LogP contribution in [0.25, 0.3) is 11.2 Å². The van der Waals surface area contributed by atoms with Gasteiger partial charge in [-0.25, -0.2) is 15.0 Å². The number of ether oxygens (including phenoxy) is 2. The van der Waals surface area contributed by atoms with Crippen LogP contribution in [-0.2, 0) is 9.47 Å². The summed E-state index contributed by atoms with van der Waals surface area (Å²) < 4.78 is 13.3. The largest absolute Gasteiger partial charge is 0.394 e. The number of fused-ring (bicyclic) bond motifs is 1. The average Bonchev–Trinajstić information content (AvgIpc) is 3.15. The Hall–Kier alpha value is -1.81. The molecule has 1 fully saturated rings. The van der Waals surface area contributed by atoms with Crippen LogP contribution in [0.1, 0.15) is 26.5 Å². The van der Waals surface area contributed by atoms with Crippen molar-refractivity contribution >= 4 is 17.0 Å². The van der Waals surface area contributed by atoms with E-state index in [1.807, 2.05) is 13.8 Å². The smallest absolute Gasteiger partial charge is 0.168 e. The molecule has 24 heavy (non-hydrogen) atoms. The van der Waals surface area contributed by atoms with Gasteiger partial charge in [-0.15, -0.1) is 0 Å². The van der Waals surface area contributed by atoms with Gasteiger partial charge in [-0.1, -0.05) is 6.92 Å². The predicted molar refractivity (Wildman–Crippen MR) is 86.5 cm³/mol. The Balaban J connectivity index is 2.08. The fourth-order valence-electron chi connectivity index (χ4n) is 3.28.